The van der Waals surface area contributed by atoms with Gasteiger partial charge in [-0.25, -0.2) is 0 Å². The molecule has 0 unspecified atom stereocenters. The van der Waals surface area contributed by atoms with E-state index < -0.39 is 10.4 Å². The van der Waals surface area contributed by atoms with Gasteiger partial charge in [-0.15, -0.1) is 0 Å². The van der Waals surface area contributed by atoms with Gasteiger partial charge in [0.15, 0.2) is 0 Å². The van der Waals surface area contributed by atoms with Crippen LogP contribution in [0.1, 0.15) is 0 Å². The fraction of sp³-hybridized carbons (Fsp3) is 0. The average molecular weight is 205 g/mol. The zero-order chi connectivity index (χ0) is 4.50. The van der Waals surface area contributed by atoms with E-state index in [0.717, 1.165) is 0 Å². The molecule has 0 aliphatic carbocycles. The first-order valence-corrected chi connectivity index (χ1v) is 2.10. The molecule has 0 aromatic heterocycles. The normalized spacial score (nSPS) is 8.29. The van der Waals surface area contributed by atoms with Crippen LogP contribution >= 0.6 is 0 Å². The van der Waals surface area contributed by atoms with Crippen LogP contribution in [-0.4, -0.2) is 63.0 Å². The molecular formula is H7NO4SSr. The van der Waals surface area contributed by atoms with Crippen molar-refractivity contribution in [1.29, 1.82) is 0 Å². The summed E-state index contributed by atoms with van der Waals surface area (Å²) in [7, 11) is -4.67. The standard InChI is InChI=1S/H3N.H2O4S.Sr.2H/c;1-5(2,3)4;;;/h1H3;(H2,1,2,3,4);;;. The molecule has 0 heterocycles. The van der Waals surface area contributed by atoms with Gasteiger partial charge in [0.25, 0.3) is 0 Å². The summed E-state index contributed by atoms with van der Waals surface area (Å²) >= 11 is 0. The van der Waals surface area contributed by atoms with Crippen molar-refractivity contribution in [3.8, 4) is 0 Å². The molecule has 0 rings (SSSR count). The van der Waals surface area contributed by atoms with E-state index in [2.05, 4.69) is 0 Å². The van der Waals surface area contributed by atoms with Gasteiger partial charge in [0, 0.05) is 0 Å². The first-order chi connectivity index (χ1) is 2.00. The number of hydrogen-bond acceptors (Lipinski definition) is 3. The summed E-state index contributed by atoms with van der Waals surface area (Å²) in [6, 6.07) is 0. The Morgan fingerprint density at radius 3 is 1.14 bits per heavy atom. The van der Waals surface area contributed by atoms with E-state index in [9.17, 15) is 0 Å². The molecule has 0 amide bonds. The third kappa shape index (κ3) is 120. The molecule has 7 heteroatoms. The molecule has 0 aliphatic rings. The van der Waals surface area contributed by atoms with E-state index in [1.807, 2.05) is 0 Å². The van der Waals surface area contributed by atoms with Crippen molar-refractivity contribution in [3.05, 3.63) is 0 Å². The first-order valence-electron chi connectivity index (χ1n) is 0.698. The minimum atomic E-state index is -4.67. The maximum absolute atomic E-state index is 8.74. The minimum absolute atomic E-state index is 0. The molecule has 0 radical (unpaired) electrons. The Kier molecular flexibility index (Phi) is 12.3. The van der Waals surface area contributed by atoms with E-state index in [-0.39, 0.29) is 51.6 Å². The summed E-state index contributed by atoms with van der Waals surface area (Å²) in [4.78, 5) is 0. The molecule has 0 saturated heterocycles. The SMILES string of the molecule is N.O=S(=O)(O)O.[SrH2]. The molecule has 0 aromatic carbocycles. The van der Waals surface area contributed by atoms with Crippen molar-refractivity contribution >= 4 is 55.9 Å². The fourth-order valence-electron chi connectivity index (χ4n) is 0. The molecule has 44 valence electrons. The third-order valence-electron chi connectivity index (χ3n) is 0. The van der Waals surface area contributed by atoms with Crippen LogP contribution in [0.25, 0.3) is 0 Å². The van der Waals surface area contributed by atoms with Crippen LogP contribution in [0.15, 0.2) is 0 Å². The van der Waals surface area contributed by atoms with Gasteiger partial charge in [0.1, 0.15) is 0 Å². The summed E-state index contributed by atoms with van der Waals surface area (Å²) in [6.07, 6.45) is 0. The first kappa shape index (κ1) is 15.7. The molecule has 5 N–H and O–H groups in total. The average Bonchev–Trinajstić information content (AvgIpc) is 0.722. The van der Waals surface area contributed by atoms with Crippen LogP contribution in [0, 0.1) is 0 Å². The topological polar surface area (TPSA) is 110 Å². The number of hydrogen-bond donors (Lipinski definition) is 3. The monoisotopic (exact) mass is 205 g/mol. The predicted octanol–water partition coefficient (Wildman–Crippen LogP) is -1.41. The van der Waals surface area contributed by atoms with Crippen LogP contribution in [0.3, 0.4) is 0 Å². The molecule has 0 spiro atoms. The van der Waals surface area contributed by atoms with E-state index >= 15 is 0 Å². The van der Waals surface area contributed by atoms with Crippen LogP contribution in [-0.2, 0) is 10.4 Å². The Balaban J connectivity index is -0.0000000800. The third-order valence-corrected chi connectivity index (χ3v) is 0. The van der Waals surface area contributed by atoms with E-state index in [4.69, 9.17) is 17.5 Å². The molecule has 5 nitrogen and oxygen atoms in total. The summed E-state index contributed by atoms with van der Waals surface area (Å²) in [5, 5.41) is 0. The maximum atomic E-state index is 8.74. The number of rotatable bonds is 0. The molecule has 0 fully saturated rings. The summed E-state index contributed by atoms with van der Waals surface area (Å²) in [5.41, 5.74) is 0. The predicted molar refractivity (Wildman–Crippen MR) is 27.7 cm³/mol. The Morgan fingerprint density at radius 2 is 1.14 bits per heavy atom. The molecule has 0 aromatic rings. The van der Waals surface area contributed by atoms with Gasteiger partial charge in [0.2, 0.25) is 0 Å². The molecule has 0 aliphatic heterocycles. The molecule has 0 saturated carbocycles. The van der Waals surface area contributed by atoms with E-state index in [1.54, 1.807) is 0 Å². The van der Waals surface area contributed by atoms with Crippen molar-refractivity contribution in [3.63, 3.8) is 0 Å². The van der Waals surface area contributed by atoms with E-state index in [0.29, 0.717) is 0 Å². The molecule has 0 bridgehead atoms. The second-order valence-electron chi connectivity index (χ2n) is 0.448. The Labute approximate surface area is 78.5 Å². The van der Waals surface area contributed by atoms with Gasteiger partial charge in [0.05, 0.1) is 0 Å². The van der Waals surface area contributed by atoms with Crippen LogP contribution < -0.4 is 6.15 Å². The van der Waals surface area contributed by atoms with E-state index in [1.165, 1.54) is 0 Å². The van der Waals surface area contributed by atoms with Crippen LogP contribution in [0.5, 0.6) is 0 Å². The Bertz CT molecular complexity index is 94.9. The second-order valence-corrected chi connectivity index (χ2v) is 1.34. The molecule has 0 atom stereocenters. The second kappa shape index (κ2) is 5.45. The quantitative estimate of drug-likeness (QED) is 0.332. The zero-order valence-electron chi connectivity index (χ0n) is 2.83. The van der Waals surface area contributed by atoms with Gasteiger partial charge < -0.3 is 6.15 Å². The fourth-order valence-corrected chi connectivity index (χ4v) is 0. The van der Waals surface area contributed by atoms with Gasteiger partial charge >= 0.3 is 55.9 Å². The van der Waals surface area contributed by atoms with Gasteiger partial charge in [-0.2, -0.15) is 8.42 Å². The van der Waals surface area contributed by atoms with Crippen molar-refractivity contribution in [1.82, 2.24) is 6.15 Å². The van der Waals surface area contributed by atoms with Crippen molar-refractivity contribution in [2.75, 3.05) is 0 Å². The summed E-state index contributed by atoms with van der Waals surface area (Å²) < 4.78 is 31.6. The summed E-state index contributed by atoms with van der Waals surface area (Å²) in [6.45, 7) is 0. The van der Waals surface area contributed by atoms with Crippen molar-refractivity contribution in [2.45, 2.75) is 0 Å². The van der Waals surface area contributed by atoms with Gasteiger partial charge in [-0.05, 0) is 0 Å². The van der Waals surface area contributed by atoms with Crippen molar-refractivity contribution in [2.24, 2.45) is 0 Å². The van der Waals surface area contributed by atoms with Crippen LogP contribution in [0.4, 0.5) is 0 Å². The Hall–Kier alpha value is 1.31. The molecular weight excluding hydrogens is 198 g/mol. The molecule has 7 heavy (non-hydrogen) atoms. The zero-order valence-corrected chi connectivity index (χ0v) is 3.64. The van der Waals surface area contributed by atoms with Crippen LogP contribution in [0.2, 0.25) is 0 Å². The van der Waals surface area contributed by atoms with Gasteiger partial charge in [-0.3, -0.25) is 9.11 Å². The Morgan fingerprint density at radius 1 is 1.14 bits per heavy atom. The van der Waals surface area contributed by atoms with Gasteiger partial charge in [-0.1, -0.05) is 0 Å². The summed E-state index contributed by atoms with van der Waals surface area (Å²) in [5.74, 6) is 0. The van der Waals surface area contributed by atoms with Crippen molar-refractivity contribution < 1.29 is 17.5 Å².